The first-order valence-corrected chi connectivity index (χ1v) is 15.0. The Kier molecular flexibility index (Phi) is 7.13. The third kappa shape index (κ3) is 4.63. The molecular formula is C42H27N2Pr-. The van der Waals surface area contributed by atoms with E-state index in [0.29, 0.717) is 0 Å². The molecule has 1 radical (unpaired) electrons. The minimum atomic E-state index is 0. The minimum Gasteiger partial charge on any atom is -0.364 e. The third-order valence-corrected chi connectivity index (χ3v) is 8.83. The molecule has 2 heterocycles. The summed E-state index contributed by atoms with van der Waals surface area (Å²) in [7, 11) is 0. The van der Waals surface area contributed by atoms with Crippen LogP contribution in [-0.2, 0) is 0 Å². The molecule has 0 saturated carbocycles. The Morgan fingerprint density at radius 1 is 0.333 bits per heavy atom. The molecule has 0 spiro atoms. The van der Waals surface area contributed by atoms with Crippen molar-refractivity contribution in [3.63, 3.8) is 0 Å². The molecule has 0 fully saturated rings. The van der Waals surface area contributed by atoms with Crippen molar-refractivity contribution in [3.8, 4) is 33.6 Å². The van der Waals surface area contributed by atoms with Crippen LogP contribution in [0.2, 0.25) is 0 Å². The van der Waals surface area contributed by atoms with Crippen LogP contribution in [0.15, 0.2) is 164 Å². The molecule has 0 bridgehead atoms. The maximum Gasteiger partial charge on any atom is 0.0541 e. The van der Waals surface area contributed by atoms with Gasteiger partial charge in [0.2, 0.25) is 0 Å². The first-order valence-electron chi connectivity index (χ1n) is 15.0. The third-order valence-electron chi connectivity index (χ3n) is 8.83. The van der Waals surface area contributed by atoms with E-state index in [4.69, 9.17) is 0 Å². The maximum absolute atomic E-state index is 3.47. The van der Waals surface area contributed by atoms with Gasteiger partial charge in [0.1, 0.15) is 0 Å². The second kappa shape index (κ2) is 11.5. The second-order valence-corrected chi connectivity index (χ2v) is 11.4. The average molecular weight is 701 g/mol. The number of benzene rings is 7. The molecule has 0 saturated heterocycles. The zero-order chi connectivity index (χ0) is 29.0. The van der Waals surface area contributed by atoms with Crippen molar-refractivity contribution in [2.45, 2.75) is 0 Å². The normalized spacial score (nSPS) is 11.4. The summed E-state index contributed by atoms with van der Waals surface area (Å²) < 4.78 is 4.73. The fourth-order valence-electron chi connectivity index (χ4n) is 6.82. The van der Waals surface area contributed by atoms with E-state index in [2.05, 4.69) is 179 Å². The molecule has 0 aliphatic heterocycles. The van der Waals surface area contributed by atoms with Gasteiger partial charge in [-0.15, -0.1) is 11.6 Å². The van der Waals surface area contributed by atoms with Crippen LogP contribution in [0.1, 0.15) is 0 Å². The Labute approximate surface area is 295 Å². The van der Waals surface area contributed by atoms with Crippen molar-refractivity contribution in [1.82, 2.24) is 9.13 Å². The average Bonchev–Trinajstić information content (AvgIpc) is 3.61. The first-order chi connectivity index (χ1) is 21.8. The van der Waals surface area contributed by atoms with Crippen molar-refractivity contribution in [2.24, 2.45) is 0 Å². The summed E-state index contributed by atoms with van der Waals surface area (Å²) in [6.07, 6.45) is 0. The quantitative estimate of drug-likeness (QED) is 0.162. The molecule has 209 valence electrons. The van der Waals surface area contributed by atoms with E-state index >= 15 is 0 Å². The summed E-state index contributed by atoms with van der Waals surface area (Å²) in [5.41, 5.74) is 11.9. The molecule has 7 aromatic carbocycles. The van der Waals surface area contributed by atoms with Gasteiger partial charge in [0.15, 0.2) is 0 Å². The van der Waals surface area contributed by atoms with Crippen LogP contribution in [0.3, 0.4) is 0 Å². The predicted octanol–water partition coefficient (Wildman–Crippen LogP) is 11.0. The molecule has 0 amide bonds. The van der Waals surface area contributed by atoms with Gasteiger partial charge in [0, 0.05) is 79.6 Å². The Morgan fingerprint density at radius 3 is 1.44 bits per heavy atom. The molecule has 9 rings (SSSR count). The van der Waals surface area contributed by atoms with E-state index in [1.54, 1.807) is 0 Å². The molecule has 9 aromatic rings. The molecule has 2 aromatic heterocycles. The number of aromatic nitrogens is 2. The fourth-order valence-corrected chi connectivity index (χ4v) is 6.82. The number of hydrogen-bond acceptors (Lipinski definition) is 0. The first kappa shape index (κ1) is 28.0. The number of para-hydroxylation sites is 3. The van der Waals surface area contributed by atoms with Crippen LogP contribution in [0.5, 0.6) is 0 Å². The monoisotopic (exact) mass is 700 g/mol. The molecule has 3 heteroatoms. The Hall–Kier alpha value is -4.50. The Balaban J connectivity index is 0.00000300. The second-order valence-electron chi connectivity index (χ2n) is 11.4. The summed E-state index contributed by atoms with van der Waals surface area (Å²) in [4.78, 5) is 0. The summed E-state index contributed by atoms with van der Waals surface area (Å²) in [6, 6.07) is 62.2. The summed E-state index contributed by atoms with van der Waals surface area (Å²) in [5, 5.41) is 5.01. The van der Waals surface area contributed by atoms with Gasteiger partial charge >= 0.3 is 0 Å². The number of nitrogens with zero attached hydrogens (tertiary/aromatic N) is 2. The molecular weight excluding hydrogens is 673 g/mol. The van der Waals surface area contributed by atoms with Gasteiger partial charge in [-0.25, -0.2) is 0 Å². The summed E-state index contributed by atoms with van der Waals surface area (Å²) >= 11 is 0. The van der Waals surface area contributed by atoms with Crippen LogP contribution in [-0.4, -0.2) is 9.13 Å². The fraction of sp³-hybridized carbons (Fsp3) is 0. The van der Waals surface area contributed by atoms with Gasteiger partial charge in [0.05, 0.1) is 11.0 Å². The van der Waals surface area contributed by atoms with Crippen LogP contribution in [0.25, 0.3) is 77.2 Å². The van der Waals surface area contributed by atoms with Crippen LogP contribution in [0.4, 0.5) is 0 Å². The van der Waals surface area contributed by atoms with Crippen LogP contribution in [0, 0.1) is 47.4 Å². The maximum atomic E-state index is 3.47. The Morgan fingerprint density at radius 2 is 0.822 bits per heavy atom. The van der Waals surface area contributed by atoms with E-state index in [0.717, 1.165) is 11.3 Å². The topological polar surface area (TPSA) is 9.86 Å². The molecule has 0 aliphatic carbocycles. The van der Waals surface area contributed by atoms with Gasteiger partial charge in [-0.1, -0.05) is 114 Å². The van der Waals surface area contributed by atoms with Gasteiger partial charge in [-0.2, -0.15) is 18.2 Å². The van der Waals surface area contributed by atoms with Crippen molar-refractivity contribution in [2.75, 3.05) is 0 Å². The zero-order valence-electron chi connectivity index (χ0n) is 24.6. The molecule has 0 unspecified atom stereocenters. The summed E-state index contributed by atoms with van der Waals surface area (Å²) in [5.74, 6) is 0. The smallest absolute Gasteiger partial charge is 0.0541 e. The summed E-state index contributed by atoms with van der Waals surface area (Å²) in [6.45, 7) is 0. The SMILES string of the molecule is [Pr].[c-]1cc(-c2ccc3c(c2)c2ccccc2n3-c2ccccc2)cc(-n2c3ccccc3c3cc(-c4ccccc4)ccc32)c1. The van der Waals surface area contributed by atoms with Gasteiger partial charge in [-0.05, 0) is 53.6 Å². The van der Waals surface area contributed by atoms with E-state index in [1.807, 2.05) is 0 Å². The van der Waals surface area contributed by atoms with Crippen molar-refractivity contribution in [3.05, 3.63) is 170 Å². The van der Waals surface area contributed by atoms with E-state index < -0.39 is 0 Å². The largest absolute Gasteiger partial charge is 0.364 e. The van der Waals surface area contributed by atoms with Gasteiger partial charge < -0.3 is 9.13 Å². The van der Waals surface area contributed by atoms with E-state index in [1.165, 1.54) is 66.0 Å². The number of hydrogen-bond donors (Lipinski definition) is 0. The van der Waals surface area contributed by atoms with Crippen molar-refractivity contribution < 1.29 is 41.3 Å². The van der Waals surface area contributed by atoms with Gasteiger partial charge in [-0.3, -0.25) is 0 Å². The van der Waals surface area contributed by atoms with Crippen LogP contribution < -0.4 is 0 Å². The standard InChI is InChI=1S/C42H27N2.Pr/c1-3-12-29(13-4-1)31-22-24-42-37(27-31)36-19-8-10-21-40(36)44(42)34-17-11-14-30(26-34)32-23-25-41-38(28-32)35-18-7-9-20-39(35)43(41)33-15-5-2-6-16-33;/h1-10,12-28H;/q-1;. The number of fused-ring (bicyclic) bond motifs is 6. The van der Waals surface area contributed by atoms with Gasteiger partial charge in [0.25, 0.3) is 0 Å². The molecule has 45 heavy (non-hydrogen) atoms. The van der Waals surface area contributed by atoms with E-state index in [-0.39, 0.29) is 41.3 Å². The minimum absolute atomic E-state index is 0. The van der Waals surface area contributed by atoms with Crippen molar-refractivity contribution >= 4 is 43.6 Å². The zero-order valence-corrected chi connectivity index (χ0v) is 28.3. The Bertz CT molecular complexity index is 2490. The molecule has 2 nitrogen and oxygen atoms in total. The predicted molar refractivity (Wildman–Crippen MR) is 185 cm³/mol. The molecule has 0 atom stereocenters. The number of rotatable bonds is 4. The molecule has 0 aliphatic rings. The molecule has 0 N–H and O–H groups in total. The van der Waals surface area contributed by atoms with Crippen LogP contribution >= 0.6 is 0 Å². The van der Waals surface area contributed by atoms with Crippen molar-refractivity contribution in [1.29, 1.82) is 0 Å². The van der Waals surface area contributed by atoms with E-state index in [9.17, 15) is 0 Å².